The number of hydrogen-bond acceptors (Lipinski definition) is 2. The van der Waals surface area contributed by atoms with Crippen LogP contribution in [0, 0.1) is 35.2 Å². The van der Waals surface area contributed by atoms with Crippen LogP contribution in [0.4, 0.5) is 26.3 Å². The van der Waals surface area contributed by atoms with Gasteiger partial charge in [0.25, 0.3) is 11.9 Å². The molecule has 0 spiro atoms. The van der Waals surface area contributed by atoms with Gasteiger partial charge < -0.3 is 0 Å². The van der Waals surface area contributed by atoms with E-state index in [4.69, 9.17) is 0 Å². The van der Waals surface area contributed by atoms with Crippen LogP contribution in [0.25, 0.3) is 0 Å². The minimum Gasteiger partial charge on any atom is -0.207 e. The Morgan fingerprint density at radius 1 is 0.842 bits per heavy atom. The Bertz CT molecular complexity index is 619. The highest BCUT2D eigenvalue weighted by Crippen LogP contribution is 2.35. The normalized spacial score (nSPS) is 10.8. The van der Waals surface area contributed by atoms with Crippen LogP contribution in [0.5, 0.6) is 0 Å². The van der Waals surface area contributed by atoms with Crippen LogP contribution in [0.1, 0.15) is 0 Å². The molecule has 0 saturated heterocycles. The third-order valence-corrected chi connectivity index (χ3v) is 3.16. The van der Waals surface area contributed by atoms with E-state index in [2.05, 4.69) is 4.98 Å². The summed E-state index contributed by atoms with van der Waals surface area (Å²) in [4.78, 5) is 0.709. The maximum atomic E-state index is 13.3. The molecule has 0 radical (unpaired) electrons. The van der Waals surface area contributed by atoms with E-state index in [1.165, 1.54) is 0 Å². The molecule has 0 bridgehead atoms. The van der Waals surface area contributed by atoms with E-state index in [9.17, 15) is 26.3 Å². The molecule has 1 heterocycles. The van der Waals surface area contributed by atoms with Gasteiger partial charge in [-0.25, -0.2) is 17.6 Å². The summed E-state index contributed by atoms with van der Waals surface area (Å²) in [5.74, 6) is -9.11. The minimum absolute atomic E-state index is 0.0250. The summed E-state index contributed by atoms with van der Waals surface area (Å²) in [6.07, 6.45) is 0. The molecule has 0 atom stereocenters. The lowest BCUT2D eigenvalue weighted by Crippen LogP contribution is -2.02. The average molecular weight is 295 g/mol. The Labute approximate surface area is 107 Å². The first-order valence-electron chi connectivity index (χ1n) is 4.73. The average Bonchev–Trinajstić information content (AvgIpc) is 2.36. The van der Waals surface area contributed by atoms with Crippen molar-refractivity contribution in [3.8, 4) is 0 Å². The van der Waals surface area contributed by atoms with Crippen LogP contribution in [0.3, 0.4) is 0 Å². The van der Waals surface area contributed by atoms with Crippen molar-refractivity contribution >= 4 is 11.8 Å². The number of hydrogen-bond donors (Lipinski definition) is 0. The van der Waals surface area contributed by atoms with Gasteiger partial charge in [-0.15, -0.1) is 0 Å². The van der Waals surface area contributed by atoms with Crippen LogP contribution in [0.2, 0.25) is 0 Å². The lowest BCUT2D eigenvalue weighted by atomic mass is 10.3. The minimum atomic E-state index is -1.86. The number of benzene rings is 1. The fourth-order valence-electron chi connectivity index (χ4n) is 1.22. The molecule has 0 unspecified atom stereocenters. The molecule has 0 amide bonds. The van der Waals surface area contributed by atoms with Gasteiger partial charge in [0.15, 0.2) is 11.6 Å². The van der Waals surface area contributed by atoms with E-state index in [0.717, 1.165) is 12.1 Å². The zero-order valence-corrected chi connectivity index (χ0v) is 9.67. The maximum Gasteiger partial charge on any atom is 0.252 e. The molecule has 0 aliphatic rings. The van der Waals surface area contributed by atoms with Gasteiger partial charge in [0, 0.05) is 0 Å². The number of pyridine rings is 1. The van der Waals surface area contributed by atoms with Crippen LogP contribution in [-0.4, -0.2) is 4.98 Å². The van der Waals surface area contributed by atoms with Crippen molar-refractivity contribution < 1.29 is 26.3 Å². The van der Waals surface area contributed by atoms with Gasteiger partial charge in [-0.2, -0.15) is 13.8 Å². The van der Waals surface area contributed by atoms with Gasteiger partial charge in [0.05, 0.1) is 9.79 Å². The van der Waals surface area contributed by atoms with E-state index in [0.29, 0.717) is 6.07 Å². The Morgan fingerprint density at radius 3 is 2.00 bits per heavy atom. The molecule has 0 fully saturated rings. The Kier molecular flexibility index (Phi) is 3.70. The predicted molar refractivity (Wildman–Crippen MR) is 54.5 cm³/mol. The van der Waals surface area contributed by atoms with Gasteiger partial charge in [0.2, 0.25) is 0 Å². The molecule has 0 aliphatic carbocycles. The summed E-state index contributed by atoms with van der Waals surface area (Å²) < 4.78 is 78.4. The lowest BCUT2D eigenvalue weighted by molar-refractivity contribution is 0.383. The van der Waals surface area contributed by atoms with Crippen molar-refractivity contribution in [3.05, 3.63) is 53.4 Å². The number of rotatable bonds is 2. The molecule has 2 rings (SSSR count). The second-order valence-electron chi connectivity index (χ2n) is 3.33. The molecule has 19 heavy (non-hydrogen) atoms. The third-order valence-electron chi connectivity index (χ3n) is 2.06. The van der Waals surface area contributed by atoms with E-state index in [1.807, 2.05) is 0 Å². The van der Waals surface area contributed by atoms with Crippen LogP contribution >= 0.6 is 11.8 Å². The predicted octanol–water partition coefficient (Wildman–Crippen LogP) is 4.07. The quantitative estimate of drug-likeness (QED) is 0.612. The van der Waals surface area contributed by atoms with Gasteiger partial charge in [-0.05, 0) is 18.2 Å². The lowest BCUT2D eigenvalue weighted by Gasteiger charge is -2.06. The zero-order valence-electron chi connectivity index (χ0n) is 8.86. The fourth-order valence-corrected chi connectivity index (χ4v) is 2.13. The summed E-state index contributed by atoms with van der Waals surface area (Å²) >= 11 is 0.0250. The standard InChI is InChI=1S/C11H3F6NS/c12-4-1-2-5(13)6(3-4)19-9-7(14)10(16)18-11(17)8(9)15/h1-3H. The molecule has 1 aromatic heterocycles. The molecular formula is C11H3F6NS. The van der Waals surface area contributed by atoms with Crippen molar-refractivity contribution in [2.24, 2.45) is 0 Å². The first kappa shape index (κ1) is 13.7. The van der Waals surface area contributed by atoms with Crippen molar-refractivity contribution in [1.82, 2.24) is 4.98 Å². The molecule has 0 N–H and O–H groups in total. The monoisotopic (exact) mass is 295 g/mol. The van der Waals surface area contributed by atoms with Gasteiger partial charge in [-0.3, -0.25) is 0 Å². The van der Waals surface area contributed by atoms with Crippen LogP contribution < -0.4 is 0 Å². The van der Waals surface area contributed by atoms with Crippen LogP contribution in [-0.2, 0) is 0 Å². The molecular weight excluding hydrogens is 292 g/mol. The van der Waals surface area contributed by atoms with E-state index >= 15 is 0 Å². The van der Waals surface area contributed by atoms with E-state index < -0.39 is 45.0 Å². The first-order chi connectivity index (χ1) is 8.90. The summed E-state index contributed by atoms with van der Waals surface area (Å²) in [5.41, 5.74) is 0. The fraction of sp³-hybridized carbons (Fsp3) is 0. The summed E-state index contributed by atoms with van der Waals surface area (Å²) in [6.45, 7) is 0. The number of halogens is 6. The number of aromatic nitrogens is 1. The van der Waals surface area contributed by atoms with E-state index in [1.54, 1.807) is 0 Å². The maximum absolute atomic E-state index is 13.3. The Morgan fingerprint density at radius 2 is 1.42 bits per heavy atom. The Hall–Kier alpha value is -1.70. The van der Waals surface area contributed by atoms with Crippen molar-refractivity contribution in [1.29, 1.82) is 0 Å². The molecule has 0 aliphatic heterocycles. The zero-order chi connectivity index (χ0) is 14.2. The molecule has 1 aromatic carbocycles. The molecule has 100 valence electrons. The van der Waals surface area contributed by atoms with E-state index in [-0.39, 0.29) is 11.8 Å². The molecule has 2 aromatic rings. The Balaban J connectivity index is 2.52. The smallest absolute Gasteiger partial charge is 0.207 e. The highest BCUT2D eigenvalue weighted by Gasteiger charge is 2.22. The summed E-state index contributed by atoms with van der Waals surface area (Å²) in [6, 6.07) is 2.16. The van der Waals surface area contributed by atoms with Gasteiger partial charge in [-0.1, -0.05) is 11.8 Å². The second-order valence-corrected chi connectivity index (χ2v) is 4.38. The highest BCUT2D eigenvalue weighted by atomic mass is 32.2. The van der Waals surface area contributed by atoms with Crippen LogP contribution in [0.15, 0.2) is 28.0 Å². The first-order valence-corrected chi connectivity index (χ1v) is 5.54. The van der Waals surface area contributed by atoms with Crippen molar-refractivity contribution in [3.63, 3.8) is 0 Å². The van der Waals surface area contributed by atoms with Gasteiger partial charge >= 0.3 is 0 Å². The molecule has 0 saturated carbocycles. The number of nitrogens with zero attached hydrogens (tertiary/aromatic N) is 1. The summed E-state index contributed by atoms with van der Waals surface area (Å²) in [5, 5.41) is 0. The van der Waals surface area contributed by atoms with Crippen molar-refractivity contribution in [2.75, 3.05) is 0 Å². The van der Waals surface area contributed by atoms with Crippen molar-refractivity contribution in [2.45, 2.75) is 9.79 Å². The largest absolute Gasteiger partial charge is 0.252 e. The van der Waals surface area contributed by atoms with Gasteiger partial charge in [0.1, 0.15) is 11.6 Å². The molecule has 8 heteroatoms. The topological polar surface area (TPSA) is 12.9 Å². The molecule has 1 nitrogen and oxygen atoms in total. The SMILES string of the molecule is Fc1ccc(F)c(Sc2c(F)c(F)nc(F)c2F)c1. The highest BCUT2D eigenvalue weighted by molar-refractivity contribution is 7.99. The third kappa shape index (κ3) is 2.67. The summed E-state index contributed by atoms with van der Waals surface area (Å²) in [7, 11) is 0. The second kappa shape index (κ2) is 5.12.